The first kappa shape index (κ1) is 17.6. The summed E-state index contributed by atoms with van der Waals surface area (Å²) in [5, 5.41) is 3.52. The van der Waals surface area contributed by atoms with Crippen LogP contribution < -0.4 is 5.32 Å². The van der Waals surface area contributed by atoms with Crippen molar-refractivity contribution in [3.63, 3.8) is 0 Å². The van der Waals surface area contributed by atoms with Gasteiger partial charge in [-0.1, -0.05) is 13.0 Å². The van der Waals surface area contributed by atoms with E-state index in [1.54, 1.807) is 18.7 Å². The number of carbonyl (C=O) groups is 1. The summed E-state index contributed by atoms with van der Waals surface area (Å²) in [5.74, 6) is 0.225. The summed E-state index contributed by atoms with van der Waals surface area (Å²) in [5.41, 5.74) is 2.89. The zero-order valence-electron chi connectivity index (χ0n) is 12.7. The Morgan fingerprint density at radius 2 is 2.00 bits per heavy atom. The highest BCUT2D eigenvalue weighted by Crippen LogP contribution is 2.35. The lowest BCUT2D eigenvalue weighted by molar-refractivity contribution is -0.118. The molecule has 1 N–H and O–H groups in total. The monoisotopic (exact) mass is 311 g/mol. The maximum absolute atomic E-state index is 11.6. The molecule has 0 bridgehead atoms. The number of nitrogens with one attached hydrogen (secondary N) is 1. The van der Waals surface area contributed by atoms with Gasteiger partial charge in [-0.15, -0.1) is 11.8 Å². The maximum Gasteiger partial charge on any atom is 0.145 e. The Hall–Kier alpha value is -0.450. The fourth-order valence-corrected chi connectivity index (χ4v) is 3.53. The van der Waals surface area contributed by atoms with Crippen molar-refractivity contribution in [1.82, 2.24) is 5.32 Å². The van der Waals surface area contributed by atoms with E-state index in [0.717, 1.165) is 19.4 Å². The van der Waals surface area contributed by atoms with Gasteiger partial charge in [-0.05, 0) is 63.4 Å². The molecule has 0 fully saturated rings. The summed E-state index contributed by atoms with van der Waals surface area (Å²) in [6.45, 7) is 8.84. The van der Waals surface area contributed by atoms with Crippen molar-refractivity contribution in [3.05, 3.63) is 29.3 Å². The number of thioether (sulfide) groups is 1. The van der Waals surface area contributed by atoms with Crippen LogP contribution in [0.3, 0.4) is 0 Å². The van der Waals surface area contributed by atoms with Crippen LogP contribution in [0.1, 0.15) is 38.8 Å². The predicted octanol–water partition coefficient (Wildman–Crippen LogP) is 3.34. The van der Waals surface area contributed by atoms with Crippen LogP contribution in [0.15, 0.2) is 23.1 Å². The second-order valence-corrected chi connectivity index (χ2v) is 7.46. The molecule has 2 rings (SSSR count). The molecular weight excluding hydrogens is 286 g/mol. The van der Waals surface area contributed by atoms with Crippen LogP contribution in [0.2, 0.25) is 0 Å². The van der Waals surface area contributed by atoms with E-state index >= 15 is 0 Å². The van der Waals surface area contributed by atoms with E-state index in [4.69, 9.17) is 0 Å². The van der Waals surface area contributed by atoms with E-state index in [1.807, 2.05) is 13.8 Å². The normalized spacial score (nSPS) is 17.5. The van der Waals surface area contributed by atoms with Gasteiger partial charge in [-0.3, -0.25) is 4.79 Å². The third kappa shape index (κ3) is 4.03. The minimum Gasteiger partial charge on any atom is -0.314 e. The van der Waals surface area contributed by atoms with E-state index < -0.39 is 0 Å². The van der Waals surface area contributed by atoms with Crippen molar-refractivity contribution in [2.75, 3.05) is 6.54 Å². The van der Waals surface area contributed by atoms with Crippen molar-refractivity contribution in [2.45, 2.75) is 56.2 Å². The fraction of sp³-hybridized carbons (Fsp3) is 0.562. The van der Waals surface area contributed by atoms with E-state index in [2.05, 4.69) is 30.4 Å². The number of fused-ring (bicyclic) bond motifs is 1. The third-order valence-corrected chi connectivity index (χ3v) is 5.11. The Kier molecular flexibility index (Phi) is 6.17. The first-order chi connectivity index (χ1) is 8.92. The van der Waals surface area contributed by atoms with Crippen LogP contribution in [0.25, 0.3) is 0 Å². The number of hydrogen-bond acceptors (Lipinski definition) is 3. The first-order valence-electron chi connectivity index (χ1n) is 6.97. The van der Waals surface area contributed by atoms with E-state index in [1.165, 1.54) is 16.0 Å². The number of ketones is 1. The van der Waals surface area contributed by atoms with Crippen molar-refractivity contribution in [2.24, 2.45) is 0 Å². The number of rotatable bonds is 5. The van der Waals surface area contributed by atoms with Crippen LogP contribution in [0, 0.1) is 0 Å². The number of benzene rings is 1. The third-order valence-electron chi connectivity index (χ3n) is 3.82. The van der Waals surface area contributed by atoms with Gasteiger partial charge in [0, 0.05) is 10.9 Å². The molecule has 0 aliphatic heterocycles. The molecule has 0 saturated carbocycles. The number of carbonyl (C=O) groups excluding carboxylic acids is 1. The van der Waals surface area contributed by atoms with Gasteiger partial charge in [-0.2, -0.15) is 13.5 Å². The quantitative estimate of drug-likeness (QED) is 0.846. The summed E-state index contributed by atoms with van der Waals surface area (Å²) in [6.07, 6.45) is 2.24. The average Bonchev–Trinajstić information content (AvgIpc) is 2.70. The molecule has 2 nitrogen and oxygen atoms in total. The first-order valence-corrected chi connectivity index (χ1v) is 7.79. The van der Waals surface area contributed by atoms with Crippen LogP contribution in [-0.4, -0.2) is 23.1 Å². The molecular formula is C16H25NOS2. The molecule has 0 spiro atoms. The summed E-state index contributed by atoms with van der Waals surface area (Å²) >= 11 is 1.66. The van der Waals surface area contributed by atoms with Gasteiger partial charge in [0.25, 0.3) is 0 Å². The zero-order chi connectivity index (χ0) is 14.0. The van der Waals surface area contributed by atoms with Crippen LogP contribution >= 0.6 is 25.3 Å². The van der Waals surface area contributed by atoms with Gasteiger partial charge in [-0.25, -0.2) is 0 Å². The highest BCUT2D eigenvalue weighted by Gasteiger charge is 2.26. The molecule has 1 aliphatic carbocycles. The van der Waals surface area contributed by atoms with Gasteiger partial charge < -0.3 is 5.32 Å². The molecule has 1 atom stereocenters. The predicted molar refractivity (Wildman–Crippen MR) is 92.3 cm³/mol. The molecule has 112 valence electrons. The fourth-order valence-electron chi connectivity index (χ4n) is 2.46. The van der Waals surface area contributed by atoms with Crippen molar-refractivity contribution >= 4 is 31.0 Å². The zero-order valence-corrected chi connectivity index (χ0v) is 14.6. The molecule has 1 aliphatic rings. The van der Waals surface area contributed by atoms with E-state index in [-0.39, 0.29) is 24.0 Å². The topological polar surface area (TPSA) is 29.1 Å². The summed E-state index contributed by atoms with van der Waals surface area (Å²) in [7, 11) is 0. The van der Waals surface area contributed by atoms with Crippen molar-refractivity contribution in [1.29, 1.82) is 0 Å². The SMILES string of the molecule is CCN[C@H]1Cc2ccc(SC(C)(C)C(C)=O)cc2C1.S. The van der Waals surface area contributed by atoms with E-state index in [9.17, 15) is 4.79 Å². The van der Waals surface area contributed by atoms with Gasteiger partial charge in [0.05, 0.1) is 4.75 Å². The molecule has 0 saturated heterocycles. The Morgan fingerprint density at radius 1 is 1.35 bits per heavy atom. The Morgan fingerprint density at radius 3 is 2.60 bits per heavy atom. The minimum atomic E-state index is -0.339. The van der Waals surface area contributed by atoms with Gasteiger partial charge in [0.1, 0.15) is 5.78 Å². The maximum atomic E-state index is 11.6. The van der Waals surface area contributed by atoms with Gasteiger partial charge in [0.2, 0.25) is 0 Å². The number of likely N-dealkylation sites (N-methyl/N-ethyl adjacent to an activating group) is 1. The molecule has 0 heterocycles. The lowest BCUT2D eigenvalue weighted by atomic mass is 10.1. The Bertz CT molecular complexity index is 485. The number of hydrogen-bond donors (Lipinski definition) is 1. The average molecular weight is 312 g/mol. The van der Waals surface area contributed by atoms with Crippen LogP contribution in [0.5, 0.6) is 0 Å². The summed E-state index contributed by atoms with van der Waals surface area (Å²) < 4.78 is -0.339. The minimum absolute atomic E-state index is 0. The molecule has 0 aromatic heterocycles. The molecule has 0 radical (unpaired) electrons. The van der Waals surface area contributed by atoms with Crippen LogP contribution in [0.4, 0.5) is 0 Å². The molecule has 20 heavy (non-hydrogen) atoms. The smallest absolute Gasteiger partial charge is 0.145 e. The van der Waals surface area contributed by atoms with Gasteiger partial charge >= 0.3 is 0 Å². The Balaban J connectivity index is 0.00000200. The van der Waals surface area contributed by atoms with Crippen molar-refractivity contribution < 1.29 is 4.79 Å². The second kappa shape index (κ2) is 7.01. The molecule has 0 unspecified atom stereocenters. The standard InChI is InChI=1S/C16H23NOS.H2S/c1-5-17-14-8-12-6-7-15(10-13(12)9-14)19-16(3,4)11(2)18;/h6-7,10,14,17H,5,8-9H2,1-4H3;1H2/t14-;/m0./s1. The Labute approximate surface area is 133 Å². The molecule has 0 amide bonds. The molecule has 4 heteroatoms. The largest absolute Gasteiger partial charge is 0.314 e. The van der Waals surface area contributed by atoms with E-state index in [0.29, 0.717) is 6.04 Å². The highest BCUT2D eigenvalue weighted by atomic mass is 32.2. The van der Waals surface area contributed by atoms with Crippen molar-refractivity contribution in [3.8, 4) is 0 Å². The lowest BCUT2D eigenvalue weighted by Crippen LogP contribution is -2.28. The summed E-state index contributed by atoms with van der Waals surface area (Å²) in [6, 6.07) is 7.23. The van der Waals surface area contributed by atoms with Gasteiger partial charge in [0.15, 0.2) is 0 Å². The molecule has 1 aromatic rings. The number of Topliss-reactive ketones (excluding diaryl/α,β-unsaturated/α-hetero) is 1. The second-order valence-electron chi connectivity index (χ2n) is 5.76. The summed E-state index contributed by atoms with van der Waals surface area (Å²) in [4.78, 5) is 12.8. The molecule has 1 aromatic carbocycles. The highest BCUT2D eigenvalue weighted by molar-refractivity contribution is 8.01. The lowest BCUT2D eigenvalue weighted by Gasteiger charge is -2.20. The van der Waals surface area contributed by atoms with Crippen LogP contribution in [-0.2, 0) is 17.6 Å².